The fourth-order valence-corrected chi connectivity index (χ4v) is 2.02. The highest BCUT2D eigenvalue weighted by atomic mass is 16.3. The highest BCUT2D eigenvalue weighted by molar-refractivity contribution is 5.97. The summed E-state index contributed by atoms with van der Waals surface area (Å²) in [6.45, 7) is 0. The van der Waals surface area contributed by atoms with Crippen LogP contribution in [0, 0.1) is 45.3 Å². The summed E-state index contributed by atoms with van der Waals surface area (Å²) in [4.78, 5) is 25.1. The summed E-state index contributed by atoms with van der Waals surface area (Å²) in [6.07, 6.45) is 0. The number of nitrogens with one attached hydrogen (secondary N) is 1. The van der Waals surface area contributed by atoms with Crippen molar-refractivity contribution in [3.63, 3.8) is 0 Å². The van der Waals surface area contributed by atoms with Gasteiger partial charge in [0.25, 0.3) is 5.56 Å². The predicted octanol–water partition coefficient (Wildman–Crippen LogP) is 0.0806. The molecular formula is C14H3N5O3. The van der Waals surface area contributed by atoms with E-state index >= 15 is 0 Å². The maximum atomic E-state index is 11.6. The van der Waals surface area contributed by atoms with Crippen molar-refractivity contribution in [3.05, 3.63) is 48.9 Å². The topological polar surface area (TPSA) is 165 Å². The number of fused-ring (bicyclic) bond motifs is 1. The van der Waals surface area contributed by atoms with Crippen LogP contribution in [0.15, 0.2) is 15.7 Å². The standard InChI is InChI=1S/C14H3N5O3/c15-2-6-7(3-16)9(5-18)13-12(8(6)4-17)10(20)1-11(21)14(22)19-13/h1,20H,(H,19,21,22). The van der Waals surface area contributed by atoms with Crippen molar-refractivity contribution in [1.82, 2.24) is 4.98 Å². The fourth-order valence-electron chi connectivity index (χ4n) is 2.02. The smallest absolute Gasteiger partial charge is 0.296 e. The number of nitrogens with zero attached hydrogens (tertiary/aromatic N) is 4. The van der Waals surface area contributed by atoms with E-state index in [4.69, 9.17) is 10.5 Å². The molecule has 2 aromatic rings. The van der Waals surface area contributed by atoms with E-state index in [1.165, 1.54) is 0 Å². The van der Waals surface area contributed by atoms with Gasteiger partial charge in [0, 0.05) is 6.07 Å². The molecule has 0 amide bonds. The molecule has 0 bridgehead atoms. The first-order valence-electron chi connectivity index (χ1n) is 5.60. The zero-order chi connectivity index (χ0) is 16.4. The average Bonchev–Trinajstić information content (AvgIpc) is 2.62. The molecule has 0 unspecified atom stereocenters. The summed E-state index contributed by atoms with van der Waals surface area (Å²) >= 11 is 0. The first-order valence-corrected chi connectivity index (χ1v) is 5.60. The van der Waals surface area contributed by atoms with Crippen molar-refractivity contribution in [2.75, 3.05) is 0 Å². The van der Waals surface area contributed by atoms with Crippen LogP contribution in [0.25, 0.3) is 10.9 Å². The molecule has 8 heteroatoms. The summed E-state index contributed by atoms with van der Waals surface area (Å²) in [6, 6.07) is 7.10. The van der Waals surface area contributed by atoms with E-state index in [1.807, 2.05) is 0 Å². The molecule has 0 fully saturated rings. The summed E-state index contributed by atoms with van der Waals surface area (Å²) in [5, 5.41) is 46.2. The Morgan fingerprint density at radius 3 is 1.86 bits per heavy atom. The highest BCUT2D eigenvalue weighted by Gasteiger charge is 2.22. The number of H-pyrrole nitrogens is 1. The van der Waals surface area contributed by atoms with E-state index in [9.17, 15) is 25.2 Å². The zero-order valence-electron chi connectivity index (χ0n) is 10.6. The largest absolute Gasteiger partial charge is 0.507 e. The molecule has 1 heterocycles. The lowest BCUT2D eigenvalue weighted by Gasteiger charge is -2.06. The fraction of sp³-hybridized carbons (Fsp3) is 0. The Hall–Kier alpha value is -4.14. The molecule has 0 aliphatic rings. The van der Waals surface area contributed by atoms with Crippen molar-refractivity contribution in [3.8, 4) is 30.0 Å². The van der Waals surface area contributed by atoms with E-state index in [1.54, 1.807) is 24.3 Å². The van der Waals surface area contributed by atoms with Gasteiger partial charge in [-0.1, -0.05) is 0 Å². The van der Waals surface area contributed by atoms with Gasteiger partial charge in [0.2, 0.25) is 5.43 Å². The molecule has 8 nitrogen and oxygen atoms in total. The predicted molar refractivity (Wildman–Crippen MR) is 71.4 cm³/mol. The maximum Gasteiger partial charge on any atom is 0.296 e. The van der Waals surface area contributed by atoms with Gasteiger partial charge >= 0.3 is 0 Å². The lowest BCUT2D eigenvalue weighted by molar-refractivity contribution is 0.481. The molecule has 1 aromatic carbocycles. The minimum Gasteiger partial charge on any atom is -0.507 e. The average molecular weight is 289 g/mol. The Balaban J connectivity index is 3.46. The normalized spacial score (nSPS) is 9.27. The molecule has 0 saturated carbocycles. The van der Waals surface area contributed by atoms with Crippen LogP contribution in [0.1, 0.15) is 22.3 Å². The molecule has 0 atom stereocenters. The quantitative estimate of drug-likeness (QED) is 0.647. The van der Waals surface area contributed by atoms with Crippen LogP contribution in [0.4, 0.5) is 0 Å². The third kappa shape index (κ3) is 1.82. The number of nitriles is 4. The monoisotopic (exact) mass is 289 g/mol. The van der Waals surface area contributed by atoms with Crippen molar-refractivity contribution >= 4 is 10.9 Å². The molecule has 102 valence electrons. The second kappa shape index (κ2) is 5.09. The molecule has 2 rings (SSSR count). The van der Waals surface area contributed by atoms with Crippen LogP contribution in [-0.2, 0) is 0 Å². The van der Waals surface area contributed by atoms with Crippen LogP contribution in [0.3, 0.4) is 0 Å². The van der Waals surface area contributed by atoms with Gasteiger partial charge in [0.05, 0.1) is 33.2 Å². The molecule has 1 aromatic heterocycles. The lowest BCUT2D eigenvalue weighted by atomic mass is 9.93. The van der Waals surface area contributed by atoms with E-state index in [-0.39, 0.29) is 10.9 Å². The molecular weight excluding hydrogens is 286 g/mol. The number of aromatic hydroxyl groups is 1. The number of hydrogen-bond donors (Lipinski definition) is 2. The minimum absolute atomic E-state index is 0.339. The Morgan fingerprint density at radius 1 is 0.864 bits per heavy atom. The third-order valence-corrected chi connectivity index (χ3v) is 2.93. The van der Waals surface area contributed by atoms with Crippen molar-refractivity contribution in [2.45, 2.75) is 0 Å². The SMILES string of the molecule is N#Cc1c(C#N)c(C#N)c2c(O)cc(=O)c(=O)[nH]c2c1C#N. The first-order chi connectivity index (χ1) is 10.5. The summed E-state index contributed by atoms with van der Waals surface area (Å²) in [5.41, 5.74) is -4.23. The summed E-state index contributed by atoms with van der Waals surface area (Å²) in [7, 11) is 0. The van der Waals surface area contributed by atoms with E-state index in [2.05, 4.69) is 4.98 Å². The van der Waals surface area contributed by atoms with Gasteiger partial charge in [0.15, 0.2) is 0 Å². The van der Waals surface area contributed by atoms with Crippen molar-refractivity contribution in [2.24, 2.45) is 0 Å². The van der Waals surface area contributed by atoms with E-state index in [0.717, 1.165) is 0 Å². The molecule has 0 saturated heterocycles. The summed E-state index contributed by atoms with van der Waals surface area (Å²) in [5.74, 6) is -0.743. The number of aromatic nitrogens is 1. The second-order valence-corrected chi connectivity index (χ2v) is 4.05. The van der Waals surface area contributed by atoms with Gasteiger partial charge in [-0.25, -0.2) is 0 Å². The van der Waals surface area contributed by atoms with Crippen LogP contribution >= 0.6 is 0 Å². The van der Waals surface area contributed by atoms with Gasteiger partial charge in [-0.05, 0) is 0 Å². The molecule has 0 spiro atoms. The zero-order valence-corrected chi connectivity index (χ0v) is 10.6. The van der Waals surface area contributed by atoms with Crippen molar-refractivity contribution in [1.29, 1.82) is 21.0 Å². The Morgan fingerprint density at radius 2 is 1.36 bits per heavy atom. The van der Waals surface area contributed by atoms with Crippen LogP contribution < -0.4 is 11.0 Å². The number of rotatable bonds is 0. The summed E-state index contributed by atoms with van der Waals surface area (Å²) < 4.78 is 0. The van der Waals surface area contributed by atoms with Crippen LogP contribution in [-0.4, -0.2) is 10.1 Å². The number of benzene rings is 1. The first kappa shape index (κ1) is 14.3. The molecule has 0 aliphatic carbocycles. The Bertz CT molecular complexity index is 1120. The van der Waals surface area contributed by atoms with Crippen molar-refractivity contribution < 1.29 is 5.11 Å². The van der Waals surface area contributed by atoms with Crippen LogP contribution in [0.2, 0.25) is 0 Å². The number of hydrogen-bond acceptors (Lipinski definition) is 7. The van der Waals surface area contributed by atoms with Gasteiger partial charge < -0.3 is 10.1 Å². The lowest BCUT2D eigenvalue weighted by Crippen LogP contribution is -2.22. The van der Waals surface area contributed by atoms with Gasteiger partial charge in [0.1, 0.15) is 30.0 Å². The van der Waals surface area contributed by atoms with Gasteiger partial charge in [-0.3, -0.25) is 9.59 Å². The van der Waals surface area contributed by atoms with Gasteiger partial charge in [-0.2, -0.15) is 21.0 Å². The molecule has 2 N–H and O–H groups in total. The highest BCUT2D eigenvalue weighted by Crippen LogP contribution is 2.31. The van der Waals surface area contributed by atoms with E-state index < -0.39 is 39.0 Å². The third-order valence-electron chi connectivity index (χ3n) is 2.93. The Kier molecular flexibility index (Phi) is 3.30. The molecule has 0 radical (unpaired) electrons. The van der Waals surface area contributed by atoms with E-state index in [0.29, 0.717) is 6.07 Å². The van der Waals surface area contributed by atoms with Gasteiger partial charge in [-0.15, -0.1) is 0 Å². The maximum absolute atomic E-state index is 11.6. The molecule has 22 heavy (non-hydrogen) atoms. The minimum atomic E-state index is -1.14. The number of aromatic amines is 1. The second-order valence-electron chi connectivity index (χ2n) is 4.05. The Labute approximate surface area is 121 Å². The van der Waals surface area contributed by atoms with Crippen LogP contribution in [0.5, 0.6) is 5.75 Å². The molecule has 0 aliphatic heterocycles.